The number of benzene rings is 1. The van der Waals surface area contributed by atoms with Crippen molar-refractivity contribution in [2.45, 2.75) is 18.8 Å². The van der Waals surface area contributed by atoms with E-state index in [1.54, 1.807) is 0 Å². The van der Waals surface area contributed by atoms with Crippen LogP contribution >= 0.6 is 0 Å². The number of aromatic nitrogens is 1. The van der Waals surface area contributed by atoms with Gasteiger partial charge in [0.05, 0.1) is 0 Å². The lowest BCUT2D eigenvalue weighted by Gasteiger charge is -2.23. The van der Waals surface area contributed by atoms with Gasteiger partial charge >= 0.3 is 0 Å². The minimum atomic E-state index is 0.707. The van der Waals surface area contributed by atoms with Crippen molar-refractivity contribution in [3.05, 3.63) is 36.0 Å². The number of piperidine rings is 1. The first-order chi connectivity index (χ1) is 7.43. The molecule has 1 saturated heterocycles. The maximum Gasteiger partial charge on any atom is 0.0454 e. The Morgan fingerprint density at radius 1 is 1.20 bits per heavy atom. The highest BCUT2D eigenvalue weighted by molar-refractivity contribution is 5.80. The molecule has 1 aliphatic heterocycles. The van der Waals surface area contributed by atoms with Crippen LogP contribution in [0.3, 0.4) is 0 Å². The maximum atomic E-state index is 3.47. The fraction of sp³-hybridized carbons (Fsp3) is 0.385. The zero-order chi connectivity index (χ0) is 10.1. The van der Waals surface area contributed by atoms with Gasteiger partial charge in [0, 0.05) is 18.3 Å². The summed E-state index contributed by atoms with van der Waals surface area (Å²) in [6, 6.07) is 8.92. The van der Waals surface area contributed by atoms with Gasteiger partial charge in [0.2, 0.25) is 0 Å². The Morgan fingerprint density at radius 3 is 3.07 bits per heavy atom. The van der Waals surface area contributed by atoms with Gasteiger partial charge in [0.25, 0.3) is 0 Å². The lowest BCUT2D eigenvalue weighted by Crippen LogP contribution is -2.28. The Kier molecular flexibility index (Phi) is 2.22. The number of rotatable bonds is 1. The van der Waals surface area contributed by atoms with Crippen molar-refractivity contribution in [3.8, 4) is 0 Å². The van der Waals surface area contributed by atoms with E-state index in [9.17, 15) is 0 Å². The first-order valence-corrected chi connectivity index (χ1v) is 5.71. The molecule has 0 aliphatic carbocycles. The van der Waals surface area contributed by atoms with E-state index in [4.69, 9.17) is 0 Å². The number of hydrogen-bond donors (Lipinski definition) is 2. The van der Waals surface area contributed by atoms with Gasteiger partial charge in [-0.1, -0.05) is 6.07 Å². The third-order valence-corrected chi connectivity index (χ3v) is 3.35. The average Bonchev–Trinajstić information content (AvgIpc) is 2.77. The van der Waals surface area contributed by atoms with E-state index in [0.717, 1.165) is 6.54 Å². The van der Waals surface area contributed by atoms with E-state index < -0.39 is 0 Å². The molecule has 78 valence electrons. The average molecular weight is 200 g/mol. The van der Waals surface area contributed by atoms with Gasteiger partial charge in [-0.15, -0.1) is 0 Å². The van der Waals surface area contributed by atoms with Crippen LogP contribution in [0.2, 0.25) is 0 Å². The Morgan fingerprint density at radius 2 is 2.20 bits per heavy atom. The van der Waals surface area contributed by atoms with E-state index in [1.807, 2.05) is 6.20 Å². The monoisotopic (exact) mass is 200 g/mol. The number of hydrogen-bond acceptors (Lipinski definition) is 1. The number of H-pyrrole nitrogens is 1. The van der Waals surface area contributed by atoms with Gasteiger partial charge < -0.3 is 10.3 Å². The zero-order valence-corrected chi connectivity index (χ0v) is 8.79. The third-order valence-electron chi connectivity index (χ3n) is 3.35. The molecule has 1 fully saturated rings. The molecule has 1 aromatic carbocycles. The second kappa shape index (κ2) is 3.70. The van der Waals surface area contributed by atoms with Gasteiger partial charge in [0.15, 0.2) is 0 Å². The minimum absolute atomic E-state index is 0.707. The highest BCUT2D eigenvalue weighted by Gasteiger charge is 2.14. The van der Waals surface area contributed by atoms with Gasteiger partial charge in [0.1, 0.15) is 0 Å². The molecule has 0 spiro atoms. The summed E-state index contributed by atoms with van der Waals surface area (Å²) < 4.78 is 0. The highest BCUT2D eigenvalue weighted by Crippen LogP contribution is 2.25. The molecule has 0 bridgehead atoms. The largest absolute Gasteiger partial charge is 0.361 e. The predicted octanol–water partition coefficient (Wildman–Crippen LogP) is 2.63. The van der Waals surface area contributed by atoms with Crippen LogP contribution in [-0.4, -0.2) is 18.1 Å². The summed E-state index contributed by atoms with van der Waals surface area (Å²) in [6.45, 7) is 2.32. The van der Waals surface area contributed by atoms with Crippen molar-refractivity contribution in [2.75, 3.05) is 13.1 Å². The highest BCUT2D eigenvalue weighted by atomic mass is 14.9. The summed E-state index contributed by atoms with van der Waals surface area (Å²) in [6.07, 6.45) is 4.63. The lowest BCUT2D eigenvalue weighted by atomic mass is 9.91. The first-order valence-electron chi connectivity index (χ1n) is 5.71. The van der Waals surface area contributed by atoms with Crippen molar-refractivity contribution in [3.63, 3.8) is 0 Å². The topological polar surface area (TPSA) is 27.8 Å². The fourth-order valence-electron chi connectivity index (χ4n) is 2.46. The summed E-state index contributed by atoms with van der Waals surface area (Å²) in [5.41, 5.74) is 2.72. The molecule has 15 heavy (non-hydrogen) atoms. The van der Waals surface area contributed by atoms with Crippen LogP contribution < -0.4 is 5.32 Å². The molecule has 1 aromatic heterocycles. The molecular weight excluding hydrogens is 184 g/mol. The van der Waals surface area contributed by atoms with Crippen molar-refractivity contribution < 1.29 is 0 Å². The van der Waals surface area contributed by atoms with Gasteiger partial charge in [-0.2, -0.15) is 0 Å². The van der Waals surface area contributed by atoms with Gasteiger partial charge in [-0.25, -0.2) is 0 Å². The number of nitrogens with one attached hydrogen (secondary N) is 2. The molecule has 2 nitrogen and oxygen atoms in total. The Bertz CT molecular complexity index is 452. The standard InChI is InChI=1S/C13H16N2/c1-2-12(9-14-6-1)10-3-4-13-11(8-10)5-7-15-13/h3-5,7-8,12,14-15H,1-2,6,9H2/t12-/m0/s1. The van der Waals surface area contributed by atoms with Crippen molar-refractivity contribution in [1.82, 2.24) is 10.3 Å². The SMILES string of the molecule is c1cc2cc([C@H]3CCCNC3)ccc2[nH]1. The quantitative estimate of drug-likeness (QED) is 0.727. The van der Waals surface area contributed by atoms with Crippen molar-refractivity contribution in [1.29, 1.82) is 0 Å². The molecule has 2 heterocycles. The Labute approximate surface area is 89.7 Å². The molecule has 0 saturated carbocycles. The zero-order valence-electron chi connectivity index (χ0n) is 8.79. The van der Waals surface area contributed by atoms with Gasteiger partial charge in [-0.3, -0.25) is 0 Å². The van der Waals surface area contributed by atoms with E-state index in [0.29, 0.717) is 5.92 Å². The first kappa shape index (κ1) is 8.98. The second-order valence-electron chi connectivity index (χ2n) is 4.37. The van der Waals surface area contributed by atoms with Crippen LogP contribution in [-0.2, 0) is 0 Å². The van der Waals surface area contributed by atoms with Crippen LogP contribution in [0.4, 0.5) is 0 Å². The van der Waals surface area contributed by atoms with Crippen LogP contribution in [0, 0.1) is 0 Å². The fourth-order valence-corrected chi connectivity index (χ4v) is 2.46. The summed E-state index contributed by atoms with van der Waals surface area (Å²) in [7, 11) is 0. The van der Waals surface area contributed by atoms with Crippen LogP contribution in [0.5, 0.6) is 0 Å². The molecule has 2 N–H and O–H groups in total. The molecule has 0 amide bonds. The van der Waals surface area contributed by atoms with Crippen molar-refractivity contribution in [2.24, 2.45) is 0 Å². The molecule has 2 aromatic rings. The number of fused-ring (bicyclic) bond motifs is 1. The normalized spacial score (nSPS) is 22.0. The molecule has 3 rings (SSSR count). The molecule has 0 radical (unpaired) electrons. The lowest BCUT2D eigenvalue weighted by molar-refractivity contribution is 0.462. The van der Waals surface area contributed by atoms with E-state index in [1.165, 1.54) is 35.9 Å². The van der Waals surface area contributed by atoms with E-state index >= 15 is 0 Å². The number of aromatic amines is 1. The van der Waals surface area contributed by atoms with Gasteiger partial charge in [-0.05, 0) is 54.5 Å². The summed E-state index contributed by atoms with van der Waals surface area (Å²) in [5.74, 6) is 0.707. The molecule has 1 aliphatic rings. The summed E-state index contributed by atoms with van der Waals surface area (Å²) in [5, 5.41) is 4.80. The smallest absolute Gasteiger partial charge is 0.0454 e. The van der Waals surface area contributed by atoms with E-state index in [-0.39, 0.29) is 0 Å². The Hall–Kier alpha value is -1.28. The summed E-state index contributed by atoms with van der Waals surface area (Å²) >= 11 is 0. The second-order valence-corrected chi connectivity index (χ2v) is 4.37. The van der Waals surface area contributed by atoms with Crippen LogP contribution in [0.25, 0.3) is 10.9 Å². The Balaban J connectivity index is 1.95. The molecule has 2 heteroatoms. The molecule has 0 unspecified atom stereocenters. The molecular formula is C13H16N2. The van der Waals surface area contributed by atoms with Crippen molar-refractivity contribution >= 4 is 10.9 Å². The third kappa shape index (κ3) is 1.65. The van der Waals surface area contributed by atoms with Crippen LogP contribution in [0.1, 0.15) is 24.3 Å². The van der Waals surface area contributed by atoms with E-state index in [2.05, 4.69) is 34.6 Å². The maximum absolute atomic E-state index is 3.47. The van der Waals surface area contributed by atoms with Crippen LogP contribution in [0.15, 0.2) is 30.5 Å². The minimum Gasteiger partial charge on any atom is -0.361 e. The summed E-state index contributed by atoms with van der Waals surface area (Å²) in [4.78, 5) is 3.23. The molecule has 1 atom stereocenters. The predicted molar refractivity (Wildman–Crippen MR) is 63.1 cm³/mol.